The summed E-state index contributed by atoms with van der Waals surface area (Å²) < 4.78 is 15.4. The van der Waals surface area contributed by atoms with E-state index in [0.717, 1.165) is 31.4 Å². The summed E-state index contributed by atoms with van der Waals surface area (Å²) in [6.45, 7) is 2.01. The van der Waals surface area contributed by atoms with Crippen LogP contribution in [0, 0.1) is 5.82 Å². The summed E-state index contributed by atoms with van der Waals surface area (Å²) in [5, 5.41) is 2.74. The van der Waals surface area contributed by atoms with Gasteiger partial charge in [-0.3, -0.25) is 9.59 Å². The number of nitrogens with zero attached hydrogens (tertiary/aromatic N) is 3. The molecule has 2 aromatic carbocycles. The zero-order valence-corrected chi connectivity index (χ0v) is 16.8. The Morgan fingerprint density at radius 2 is 1.77 bits per heavy atom. The topological polar surface area (TPSA) is 67.2 Å². The number of aryl methyl sites for hydroxylation is 1. The monoisotopic (exact) mass is 408 g/mol. The highest BCUT2D eigenvalue weighted by Crippen LogP contribution is 2.18. The summed E-state index contributed by atoms with van der Waals surface area (Å²) in [5.41, 5.74) is 1.72. The Morgan fingerprint density at radius 3 is 2.57 bits per heavy atom. The van der Waals surface area contributed by atoms with Crippen LogP contribution in [0.2, 0.25) is 0 Å². The number of para-hydroxylation sites is 2. The van der Waals surface area contributed by atoms with Crippen LogP contribution in [-0.4, -0.2) is 28.5 Å². The van der Waals surface area contributed by atoms with Crippen molar-refractivity contribution in [2.24, 2.45) is 0 Å². The molecule has 4 rings (SSSR count). The van der Waals surface area contributed by atoms with Crippen molar-refractivity contribution < 1.29 is 9.18 Å². The summed E-state index contributed by atoms with van der Waals surface area (Å²) in [7, 11) is 0. The number of hydrogen-bond donors (Lipinski definition) is 1. The molecule has 1 N–H and O–H groups in total. The van der Waals surface area contributed by atoms with Crippen molar-refractivity contribution >= 4 is 22.8 Å². The maximum Gasteiger partial charge on any atom is 0.294 e. The third-order valence-electron chi connectivity index (χ3n) is 5.49. The minimum atomic E-state index is -0.347. The van der Waals surface area contributed by atoms with Crippen LogP contribution in [0.1, 0.15) is 31.2 Å². The zero-order valence-electron chi connectivity index (χ0n) is 16.8. The Morgan fingerprint density at radius 1 is 1.03 bits per heavy atom. The lowest BCUT2D eigenvalue weighted by molar-refractivity contribution is -0.121. The van der Waals surface area contributed by atoms with Gasteiger partial charge in [0.15, 0.2) is 5.82 Å². The molecule has 6 nitrogen and oxygen atoms in total. The number of halogens is 1. The molecule has 7 heteroatoms. The molecule has 1 fully saturated rings. The molecule has 0 radical (unpaired) electrons. The van der Waals surface area contributed by atoms with Gasteiger partial charge in [-0.25, -0.2) is 9.37 Å². The van der Waals surface area contributed by atoms with Gasteiger partial charge in [-0.2, -0.15) is 0 Å². The standard InChI is InChI=1S/C23H25FN4O2/c24-18-9-3-2-8-17(18)16-25-21(29)12-15-28-20-11-5-4-10-19(20)26-22(23(28)30)27-13-6-1-7-14-27/h2-5,8-11H,1,6-7,12-16H2,(H,25,29). The van der Waals surface area contributed by atoms with Gasteiger partial charge in [0.05, 0.1) is 11.0 Å². The van der Waals surface area contributed by atoms with Gasteiger partial charge in [0, 0.05) is 38.2 Å². The largest absolute Gasteiger partial charge is 0.352 e. The van der Waals surface area contributed by atoms with E-state index in [-0.39, 0.29) is 36.8 Å². The number of rotatable bonds is 6. The first-order valence-corrected chi connectivity index (χ1v) is 10.4. The van der Waals surface area contributed by atoms with Gasteiger partial charge in [-0.1, -0.05) is 30.3 Å². The third-order valence-corrected chi connectivity index (χ3v) is 5.49. The second-order valence-electron chi connectivity index (χ2n) is 7.55. The van der Waals surface area contributed by atoms with Crippen LogP contribution >= 0.6 is 0 Å². The molecule has 156 valence electrons. The van der Waals surface area contributed by atoms with Gasteiger partial charge in [0.25, 0.3) is 5.56 Å². The van der Waals surface area contributed by atoms with E-state index in [1.165, 1.54) is 12.5 Å². The fraction of sp³-hybridized carbons (Fsp3) is 0.348. The third kappa shape index (κ3) is 4.35. The molecule has 1 aliphatic heterocycles. The summed E-state index contributed by atoms with van der Waals surface area (Å²) in [4.78, 5) is 32.2. The fourth-order valence-corrected chi connectivity index (χ4v) is 3.85. The van der Waals surface area contributed by atoms with E-state index in [9.17, 15) is 14.0 Å². The summed E-state index contributed by atoms with van der Waals surface area (Å²) in [6.07, 6.45) is 3.39. The molecule has 0 bridgehead atoms. The Hall–Kier alpha value is -3.22. The fourth-order valence-electron chi connectivity index (χ4n) is 3.85. The number of nitrogens with one attached hydrogen (secondary N) is 1. The normalized spacial score (nSPS) is 14.1. The number of piperidine rings is 1. The quantitative estimate of drug-likeness (QED) is 0.680. The molecule has 30 heavy (non-hydrogen) atoms. The van der Waals surface area contributed by atoms with E-state index >= 15 is 0 Å². The molecular weight excluding hydrogens is 383 g/mol. The Kier molecular flexibility index (Phi) is 6.07. The average molecular weight is 408 g/mol. The Bertz CT molecular complexity index is 1110. The number of hydrogen-bond acceptors (Lipinski definition) is 4. The molecule has 2 heterocycles. The molecule has 3 aromatic rings. The van der Waals surface area contributed by atoms with Gasteiger partial charge in [0.1, 0.15) is 5.82 Å². The van der Waals surface area contributed by atoms with Crippen molar-refractivity contribution in [3.63, 3.8) is 0 Å². The van der Waals surface area contributed by atoms with Crippen LogP contribution in [0.3, 0.4) is 0 Å². The van der Waals surface area contributed by atoms with Gasteiger partial charge < -0.3 is 14.8 Å². The first-order valence-electron chi connectivity index (χ1n) is 10.4. The van der Waals surface area contributed by atoms with Crippen LogP contribution in [0.5, 0.6) is 0 Å². The molecule has 0 aliphatic carbocycles. The van der Waals surface area contributed by atoms with Crippen LogP contribution in [0.4, 0.5) is 10.2 Å². The van der Waals surface area contributed by atoms with Gasteiger partial charge in [-0.15, -0.1) is 0 Å². The van der Waals surface area contributed by atoms with E-state index in [0.29, 0.717) is 16.9 Å². The predicted molar refractivity (Wildman–Crippen MR) is 115 cm³/mol. The summed E-state index contributed by atoms with van der Waals surface area (Å²) in [6, 6.07) is 13.8. The summed E-state index contributed by atoms with van der Waals surface area (Å²) in [5.74, 6) is -0.119. The number of benzene rings is 2. The highest BCUT2D eigenvalue weighted by atomic mass is 19.1. The smallest absolute Gasteiger partial charge is 0.294 e. The number of carbonyl (C=O) groups excluding carboxylic acids is 1. The first kappa shape index (κ1) is 20.1. The second kappa shape index (κ2) is 9.07. The lowest BCUT2D eigenvalue weighted by Gasteiger charge is -2.27. The lowest BCUT2D eigenvalue weighted by atomic mass is 10.1. The molecule has 0 atom stereocenters. The summed E-state index contributed by atoms with van der Waals surface area (Å²) >= 11 is 0. The second-order valence-corrected chi connectivity index (χ2v) is 7.55. The van der Waals surface area contributed by atoms with Crippen molar-refractivity contribution in [1.29, 1.82) is 0 Å². The van der Waals surface area contributed by atoms with Crippen molar-refractivity contribution in [3.8, 4) is 0 Å². The molecule has 0 unspecified atom stereocenters. The van der Waals surface area contributed by atoms with Crippen LogP contribution in [0.25, 0.3) is 11.0 Å². The average Bonchev–Trinajstić information content (AvgIpc) is 2.78. The highest BCUT2D eigenvalue weighted by Gasteiger charge is 2.19. The molecule has 1 saturated heterocycles. The Balaban J connectivity index is 1.52. The van der Waals surface area contributed by atoms with Crippen molar-refractivity contribution in [2.45, 2.75) is 38.8 Å². The molecule has 1 amide bonds. The highest BCUT2D eigenvalue weighted by molar-refractivity contribution is 5.78. The predicted octanol–water partition coefficient (Wildman–Crippen LogP) is 3.23. The van der Waals surface area contributed by atoms with E-state index in [2.05, 4.69) is 10.3 Å². The SMILES string of the molecule is O=C(CCn1c(=O)c(N2CCCCC2)nc2ccccc21)NCc1ccccc1F. The molecule has 1 aliphatic rings. The first-order chi connectivity index (χ1) is 14.6. The minimum absolute atomic E-state index is 0.122. The maximum atomic E-state index is 13.7. The van der Waals surface area contributed by atoms with Gasteiger partial charge in [-0.05, 0) is 37.5 Å². The molecular formula is C23H25FN4O2. The Labute approximate surface area is 174 Å². The zero-order chi connectivity index (χ0) is 20.9. The van der Waals surface area contributed by atoms with Crippen molar-refractivity contribution in [1.82, 2.24) is 14.9 Å². The number of aromatic nitrogens is 2. The number of carbonyl (C=O) groups is 1. The van der Waals surface area contributed by atoms with Crippen LogP contribution in [0.15, 0.2) is 53.3 Å². The number of fused-ring (bicyclic) bond motifs is 1. The maximum absolute atomic E-state index is 13.7. The van der Waals surface area contributed by atoms with E-state index in [4.69, 9.17) is 0 Å². The van der Waals surface area contributed by atoms with E-state index < -0.39 is 0 Å². The van der Waals surface area contributed by atoms with Crippen molar-refractivity contribution in [2.75, 3.05) is 18.0 Å². The van der Waals surface area contributed by atoms with Crippen LogP contribution in [-0.2, 0) is 17.9 Å². The van der Waals surface area contributed by atoms with Crippen LogP contribution < -0.4 is 15.8 Å². The lowest BCUT2D eigenvalue weighted by Crippen LogP contribution is -2.37. The molecule has 1 aromatic heterocycles. The van der Waals surface area contributed by atoms with Gasteiger partial charge >= 0.3 is 0 Å². The van der Waals surface area contributed by atoms with E-state index in [1.54, 1.807) is 22.8 Å². The van der Waals surface area contributed by atoms with Crippen molar-refractivity contribution in [3.05, 3.63) is 70.3 Å². The number of amides is 1. The molecule has 0 spiro atoms. The van der Waals surface area contributed by atoms with Gasteiger partial charge in [0.2, 0.25) is 5.91 Å². The van der Waals surface area contributed by atoms with E-state index in [1.807, 2.05) is 29.2 Å². The minimum Gasteiger partial charge on any atom is -0.352 e. The number of anilines is 1. The molecule has 0 saturated carbocycles.